The van der Waals surface area contributed by atoms with Crippen LogP contribution in [0.15, 0.2) is 67.0 Å². The minimum atomic E-state index is -0.680. The third kappa shape index (κ3) is 4.51. The number of benzene rings is 2. The number of amides is 2. The lowest BCUT2D eigenvalue weighted by atomic mass is 10.1. The van der Waals surface area contributed by atoms with Crippen molar-refractivity contribution in [1.82, 2.24) is 9.88 Å². The van der Waals surface area contributed by atoms with Crippen LogP contribution in [-0.4, -0.2) is 47.1 Å². The van der Waals surface area contributed by atoms with E-state index >= 15 is 0 Å². The predicted octanol–water partition coefficient (Wildman–Crippen LogP) is 2.95. The number of rotatable bonds is 6. The molecule has 2 amide bonds. The Hall–Kier alpha value is -3.61. The lowest BCUT2D eigenvalue weighted by Gasteiger charge is -2.20. The first-order chi connectivity index (χ1) is 14.6. The Morgan fingerprint density at radius 3 is 2.77 bits per heavy atom. The molecular weight excluding hydrogens is 380 g/mol. The molecule has 2 atom stereocenters. The summed E-state index contributed by atoms with van der Waals surface area (Å²) in [7, 11) is 0. The molecule has 3 N–H and O–H groups in total. The molecule has 3 aromatic rings. The number of carbonyl (C=O) groups is 2. The minimum absolute atomic E-state index is 0.0940. The number of pyridine rings is 1. The van der Waals surface area contributed by atoms with Gasteiger partial charge in [-0.25, -0.2) is 9.59 Å². The normalized spacial score (nSPS) is 18.3. The molecule has 1 saturated heterocycles. The lowest BCUT2D eigenvalue weighted by Crippen LogP contribution is -2.44. The van der Waals surface area contributed by atoms with Crippen molar-refractivity contribution in [2.45, 2.75) is 24.9 Å². The summed E-state index contributed by atoms with van der Waals surface area (Å²) in [6.07, 6.45) is 4.63. The second kappa shape index (κ2) is 8.82. The maximum absolute atomic E-state index is 12.6. The number of hydrogen-bond donors (Lipinski definition) is 2. The number of primary amides is 1. The molecule has 154 valence electrons. The van der Waals surface area contributed by atoms with E-state index in [1.807, 2.05) is 60.8 Å². The molecular formula is C23H24N4O3. The monoisotopic (exact) mass is 404 g/mol. The average Bonchev–Trinajstić information content (AvgIpc) is 3.19. The van der Waals surface area contributed by atoms with Gasteiger partial charge < -0.3 is 20.7 Å². The highest BCUT2D eigenvalue weighted by atomic mass is 16.5. The Kier molecular flexibility index (Phi) is 5.79. The van der Waals surface area contributed by atoms with Gasteiger partial charge in [0, 0.05) is 48.9 Å². The Morgan fingerprint density at radius 2 is 1.97 bits per heavy atom. The third-order valence-electron chi connectivity index (χ3n) is 5.35. The number of ether oxygens (including phenoxy) is 1. The van der Waals surface area contributed by atoms with Gasteiger partial charge in [-0.15, -0.1) is 0 Å². The number of aromatic nitrogens is 1. The zero-order valence-electron chi connectivity index (χ0n) is 16.5. The molecule has 2 aromatic carbocycles. The second-order valence-corrected chi connectivity index (χ2v) is 7.42. The number of likely N-dealkylation sites (tertiary alicyclic amines) is 1. The standard InChI is InChI=1S/C23H24N4O3/c24-23(29)27-15-20(26-19-7-6-18-14-25-10-8-17(18)12-19)13-21(27)22(28)30-11-9-16-4-2-1-3-5-16/h1-8,10,12,14,20-21,26H,9,11,13,15H2,(H2,24,29)/t20-,21-/m0/s1. The van der Waals surface area contributed by atoms with E-state index < -0.39 is 18.0 Å². The van der Waals surface area contributed by atoms with E-state index in [-0.39, 0.29) is 12.6 Å². The fraction of sp³-hybridized carbons (Fsp3) is 0.261. The number of esters is 1. The molecule has 4 rings (SSSR count). The van der Waals surface area contributed by atoms with E-state index in [2.05, 4.69) is 10.3 Å². The zero-order chi connectivity index (χ0) is 20.9. The summed E-state index contributed by atoms with van der Waals surface area (Å²) < 4.78 is 5.44. The Morgan fingerprint density at radius 1 is 1.13 bits per heavy atom. The van der Waals surface area contributed by atoms with Gasteiger partial charge in [-0.05, 0) is 29.1 Å². The quantitative estimate of drug-likeness (QED) is 0.616. The van der Waals surface area contributed by atoms with Crippen LogP contribution in [0.5, 0.6) is 0 Å². The van der Waals surface area contributed by atoms with E-state index in [0.29, 0.717) is 19.4 Å². The molecule has 0 saturated carbocycles. The summed E-state index contributed by atoms with van der Waals surface area (Å²) in [5.74, 6) is -0.418. The van der Waals surface area contributed by atoms with Gasteiger partial charge in [0.1, 0.15) is 6.04 Å². The number of hydrogen-bond acceptors (Lipinski definition) is 5. The molecule has 1 aliphatic heterocycles. The number of fused-ring (bicyclic) bond motifs is 1. The van der Waals surface area contributed by atoms with Crippen LogP contribution in [0.3, 0.4) is 0 Å². The Bertz CT molecular complexity index is 1040. The maximum Gasteiger partial charge on any atom is 0.329 e. The van der Waals surface area contributed by atoms with Crippen LogP contribution in [0.2, 0.25) is 0 Å². The SMILES string of the molecule is NC(=O)N1C[C@@H](Nc2ccc3cnccc3c2)C[C@H]1C(=O)OCCc1ccccc1. The van der Waals surface area contributed by atoms with Crippen molar-refractivity contribution in [2.75, 3.05) is 18.5 Å². The predicted molar refractivity (Wildman–Crippen MR) is 115 cm³/mol. The summed E-state index contributed by atoms with van der Waals surface area (Å²) in [6.45, 7) is 0.616. The van der Waals surface area contributed by atoms with Gasteiger partial charge in [0.05, 0.1) is 6.61 Å². The molecule has 0 aliphatic carbocycles. The van der Waals surface area contributed by atoms with Crippen LogP contribution in [0, 0.1) is 0 Å². The van der Waals surface area contributed by atoms with Gasteiger partial charge in [-0.2, -0.15) is 0 Å². The van der Waals surface area contributed by atoms with Gasteiger partial charge in [0.25, 0.3) is 0 Å². The van der Waals surface area contributed by atoms with Crippen LogP contribution in [0.1, 0.15) is 12.0 Å². The molecule has 1 fully saturated rings. The Labute approximate surface area is 174 Å². The first-order valence-corrected chi connectivity index (χ1v) is 9.97. The van der Waals surface area contributed by atoms with Crippen molar-refractivity contribution in [3.8, 4) is 0 Å². The number of carbonyl (C=O) groups excluding carboxylic acids is 2. The van der Waals surface area contributed by atoms with Crippen molar-refractivity contribution >= 4 is 28.5 Å². The highest BCUT2D eigenvalue weighted by molar-refractivity contribution is 5.86. The van der Waals surface area contributed by atoms with E-state index in [4.69, 9.17) is 10.5 Å². The van der Waals surface area contributed by atoms with Gasteiger partial charge in [-0.3, -0.25) is 4.98 Å². The molecule has 0 bridgehead atoms. The molecule has 30 heavy (non-hydrogen) atoms. The fourth-order valence-corrected chi connectivity index (χ4v) is 3.83. The minimum Gasteiger partial charge on any atom is -0.464 e. The molecule has 1 aromatic heterocycles. The summed E-state index contributed by atoms with van der Waals surface area (Å²) in [4.78, 5) is 30.0. The average molecular weight is 404 g/mol. The molecule has 1 aliphatic rings. The molecule has 7 nitrogen and oxygen atoms in total. The summed E-state index contributed by atoms with van der Waals surface area (Å²) >= 11 is 0. The summed E-state index contributed by atoms with van der Waals surface area (Å²) in [5.41, 5.74) is 7.53. The fourth-order valence-electron chi connectivity index (χ4n) is 3.83. The van der Waals surface area contributed by atoms with Crippen molar-refractivity contribution in [3.05, 3.63) is 72.6 Å². The lowest BCUT2D eigenvalue weighted by molar-refractivity contribution is -0.147. The largest absolute Gasteiger partial charge is 0.464 e. The molecule has 7 heteroatoms. The maximum atomic E-state index is 12.6. The van der Waals surface area contributed by atoms with E-state index in [1.54, 1.807) is 6.20 Å². The van der Waals surface area contributed by atoms with Crippen molar-refractivity contribution in [1.29, 1.82) is 0 Å². The molecule has 0 unspecified atom stereocenters. The van der Waals surface area contributed by atoms with E-state index in [1.165, 1.54) is 4.90 Å². The van der Waals surface area contributed by atoms with Crippen molar-refractivity contribution in [3.63, 3.8) is 0 Å². The zero-order valence-corrected chi connectivity index (χ0v) is 16.5. The van der Waals surface area contributed by atoms with E-state index in [0.717, 1.165) is 22.0 Å². The van der Waals surface area contributed by atoms with Crippen LogP contribution in [0.4, 0.5) is 10.5 Å². The van der Waals surface area contributed by atoms with Crippen molar-refractivity contribution in [2.24, 2.45) is 5.73 Å². The first-order valence-electron chi connectivity index (χ1n) is 9.97. The third-order valence-corrected chi connectivity index (χ3v) is 5.35. The second-order valence-electron chi connectivity index (χ2n) is 7.42. The molecule has 0 spiro atoms. The topological polar surface area (TPSA) is 97.5 Å². The van der Waals surface area contributed by atoms with Gasteiger partial charge >= 0.3 is 12.0 Å². The number of nitrogens with two attached hydrogens (primary N) is 1. The molecule has 0 radical (unpaired) electrons. The summed E-state index contributed by atoms with van der Waals surface area (Å²) in [6, 6.07) is 16.3. The van der Waals surface area contributed by atoms with Gasteiger partial charge in [-0.1, -0.05) is 36.4 Å². The van der Waals surface area contributed by atoms with Crippen LogP contribution in [-0.2, 0) is 16.0 Å². The van der Waals surface area contributed by atoms with Gasteiger partial charge in [0.15, 0.2) is 0 Å². The number of nitrogens with one attached hydrogen (secondary N) is 1. The number of nitrogens with zero attached hydrogens (tertiary/aromatic N) is 2. The first kappa shape index (κ1) is 19.7. The van der Waals surface area contributed by atoms with E-state index in [9.17, 15) is 9.59 Å². The van der Waals surface area contributed by atoms with Crippen LogP contribution < -0.4 is 11.1 Å². The number of urea groups is 1. The smallest absolute Gasteiger partial charge is 0.329 e. The van der Waals surface area contributed by atoms with Crippen LogP contribution >= 0.6 is 0 Å². The van der Waals surface area contributed by atoms with Crippen molar-refractivity contribution < 1.29 is 14.3 Å². The number of anilines is 1. The Balaban J connectivity index is 1.38. The highest BCUT2D eigenvalue weighted by Crippen LogP contribution is 2.24. The molecule has 2 heterocycles. The summed E-state index contributed by atoms with van der Waals surface area (Å²) in [5, 5.41) is 5.52. The highest BCUT2D eigenvalue weighted by Gasteiger charge is 2.39. The van der Waals surface area contributed by atoms with Crippen LogP contribution in [0.25, 0.3) is 10.8 Å². The van der Waals surface area contributed by atoms with Gasteiger partial charge in [0.2, 0.25) is 0 Å².